The van der Waals surface area contributed by atoms with Crippen LogP contribution >= 0.6 is 0 Å². The van der Waals surface area contributed by atoms with Gasteiger partial charge in [0.05, 0.1) is 5.56 Å². The molecule has 1 aliphatic carbocycles. The summed E-state index contributed by atoms with van der Waals surface area (Å²) >= 11 is 0. The van der Waals surface area contributed by atoms with Crippen LogP contribution in [-0.4, -0.2) is 11.8 Å². The van der Waals surface area contributed by atoms with E-state index in [1.165, 1.54) is 0 Å². The van der Waals surface area contributed by atoms with Crippen LogP contribution in [0, 0.1) is 19.8 Å². The van der Waals surface area contributed by atoms with Gasteiger partial charge in [0, 0.05) is 6.42 Å². The summed E-state index contributed by atoms with van der Waals surface area (Å²) in [5.74, 6) is 0.968. The van der Waals surface area contributed by atoms with Crippen molar-refractivity contribution >= 4 is 11.8 Å². The lowest BCUT2D eigenvalue weighted by atomic mass is 10.1. The number of hydrogen-bond acceptors (Lipinski definition) is 3. The molecule has 0 unspecified atom stereocenters. The van der Waals surface area contributed by atoms with Crippen LogP contribution in [0.15, 0.2) is 22.6 Å². The lowest BCUT2D eigenvalue weighted by Gasteiger charge is -2.09. The van der Waals surface area contributed by atoms with Gasteiger partial charge in [0.1, 0.15) is 11.5 Å². The normalized spacial score (nSPS) is 17.5. The predicted octanol–water partition coefficient (Wildman–Crippen LogP) is 2.01. The Balaban J connectivity index is 1.81. The zero-order chi connectivity index (χ0) is 13.8. The Kier molecular flexibility index (Phi) is 4.04. The first-order chi connectivity index (χ1) is 9.06. The summed E-state index contributed by atoms with van der Waals surface area (Å²) in [5, 5.41) is 0. The van der Waals surface area contributed by atoms with Crippen molar-refractivity contribution in [2.75, 3.05) is 0 Å². The highest BCUT2D eigenvalue weighted by Crippen LogP contribution is 2.19. The molecule has 1 aromatic heterocycles. The van der Waals surface area contributed by atoms with Crippen molar-refractivity contribution in [3.63, 3.8) is 0 Å². The zero-order valence-corrected chi connectivity index (χ0v) is 11.2. The fourth-order valence-electron chi connectivity index (χ4n) is 2.20. The number of furan rings is 1. The molecule has 1 heterocycles. The first-order valence-electron chi connectivity index (χ1n) is 6.39. The molecule has 1 aliphatic rings. The van der Waals surface area contributed by atoms with E-state index in [-0.39, 0.29) is 17.7 Å². The Labute approximate surface area is 112 Å². The van der Waals surface area contributed by atoms with E-state index < -0.39 is 0 Å². The summed E-state index contributed by atoms with van der Waals surface area (Å²) in [6, 6.07) is 1.65. The van der Waals surface area contributed by atoms with Crippen LogP contribution in [0.1, 0.15) is 41.1 Å². The number of hydrogen-bond donors (Lipinski definition) is 2. The lowest BCUT2D eigenvalue weighted by molar-refractivity contribution is -0.122. The minimum Gasteiger partial charge on any atom is -0.466 e. The van der Waals surface area contributed by atoms with Crippen LogP contribution in [0.5, 0.6) is 0 Å². The molecule has 2 amide bonds. The minimum absolute atomic E-state index is 0.178. The second kappa shape index (κ2) is 5.73. The first-order valence-corrected chi connectivity index (χ1v) is 6.39. The van der Waals surface area contributed by atoms with E-state index in [1.54, 1.807) is 19.9 Å². The third kappa shape index (κ3) is 3.47. The van der Waals surface area contributed by atoms with E-state index in [9.17, 15) is 9.59 Å². The van der Waals surface area contributed by atoms with Gasteiger partial charge in [-0.2, -0.15) is 0 Å². The molecule has 0 aromatic carbocycles. The summed E-state index contributed by atoms with van der Waals surface area (Å²) in [7, 11) is 0. The van der Waals surface area contributed by atoms with Crippen molar-refractivity contribution < 1.29 is 14.0 Å². The number of amides is 2. The van der Waals surface area contributed by atoms with Crippen molar-refractivity contribution in [3.05, 3.63) is 35.3 Å². The van der Waals surface area contributed by atoms with E-state index in [0.29, 0.717) is 23.5 Å². The topological polar surface area (TPSA) is 71.3 Å². The van der Waals surface area contributed by atoms with E-state index in [1.807, 2.05) is 6.08 Å². The van der Waals surface area contributed by atoms with Crippen LogP contribution in [-0.2, 0) is 4.79 Å². The van der Waals surface area contributed by atoms with Crippen molar-refractivity contribution in [2.45, 2.75) is 33.1 Å². The smallest absolute Gasteiger partial charge is 0.273 e. The van der Waals surface area contributed by atoms with Crippen molar-refractivity contribution in [3.8, 4) is 0 Å². The first kappa shape index (κ1) is 13.4. The maximum Gasteiger partial charge on any atom is 0.273 e. The molecule has 19 heavy (non-hydrogen) atoms. The molecule has 0 saturated heterocycles. The van der Waals surface area contributed by atoms with Crippen molar-refractivity contribution in [1.82, 2.24) is 10.9 Å². The highest BCUT2D eigenvalue weighted by atomic mass is 16.3. The quantitative estimate of drug-likeness (QED) is 0.646. The number of aryl methyl sites for hydroxylation is 2. The van der Waals surface area contributed by atoms with E-state index in [2.05, 4.69) is 16.9 Å². The van der Waals surface area contributed by atoms with E-state index >= 15 is 0 Å². The summed E-state index contributed by atoms with van der Waals surface area (Å²) in [4.78, 5) is 23.5. The number of allylic oxidation sites excluding steroid dienone is 2. The van der Waals surface area contributed by atoms with Gasteiger partial charge in [-0.3, -0.25) is 20.4 Å². The molecule has 0 bridgehead atoms. The third-order valence-corrected chi connectivity index (χ3v) is 3.16. The minimum atomic E-state index is -0.357. The number of carbonyl (C=O) groups excluding carboxylic acids is 2. The standard InChI is InChI=1S/C14H18N2O3/c1-9-7-12(10(2)19-9)14(18)16-15-13(17)8-11-5-3-4-6-11/h3,5,7,11H,4,6,8H2,1-2H3,(H,15,17)(H,16,18)/t11-/m0/s1. The molecular weight excluding hydrogens is 244 g/mol. The lowest BCUT2D eigenvalue weighted by Crippen LogP contribution is -2.42. The van der Waals surface area contributed by atoms with Gasteiger partial charge in [0.2, 0.25) is 5.91 Å². The molecule has 5 heteroatoms. The summed E-state index contributed by atoms with van der Waals surface area (Å²) < 4.78 is 5.27. The summed E-state index contributed by atoms with van der Waals surface area (Å²) in [6.07, 6.45) is 6.55. The fourth-order valence-corrected chi connectivity index (χ4v) is 2.20. The average molecular weight is 262 g/mol. The predicted molar refractivity (Wildman–Crippen MR) is 70.3 cm³/mol. The number of nitrogens with one attached hydrogen (secondary N) is 2. The Bertz CT molecular complexity index is 517. The summed E-state index contributed by atoms with van der Waals surface area (Å²) in [6.45, 7) is 3.49. The molecule has 0 spiro atoms. The van der Waals surface area contributed by atoms with E-state index in [0.717, 1.165) is 12.8 Å². The van der Waals surface area contributed by atoms with Gasteiger partial charge in [-0.05, 0) is 38.7 Å². The molecule has 1 atom stereocenters. The maximum atomic E-state index is 11.8. The highest BCUT2D eigenvalue weighted by molar-refractivity contribution is 5.96. The van der Waals surface area contributed by atoms with Gasteiger partial charge in [-0.1, -0.05) is 12.2 Å². The second-order valence-electron chi connectivity index (χ2n) is 4.80. The van der Waals surface area contributed by atoms with Crippen LogP contribution in [0.4, 0.5) is 0 Å². The molecule has 2 N–H and O–H groups in total. The Morgan fingerprint density at radius 1 is 1.37 bits per heavy atom. The number of hydrazine groups is 1. The Morgan fingerprint density at radius 2 is 2.16 bits per heavy atom. The van der Waals surface area contributed by atoms with Crippen LogP contribution in [0.2, 0.25) is 0 Å². The van der Waals surface area contributed by atoms with E-state index in [4.69, 9.17) is 4.42 Å². The molecule has 0 fully saturated rings. The zero-order valence-electron chi connectivity index (χ0n) is 11.2. The van der Waals surface area contributed by atoms with Gasteiger partial charge < -0.3 is 4.42 Å². The van der Waals surface area contributed by atoms with Gasteiger partial charge in [-0.15, -0.1) is 0 Å². The fraction of sp³-hybridized carbons (Fsp3) is 0.429. The monoisotopic (exact) mass is 262 g/mol. The molecule has 102 valence electrons. The summed E-state index contributed by atoms with van der Waals surface area (Å²) in [5.41, 5.74) is 5.28. The van der Waals surface area contributed by atoms with Gasteiger partial charge >= 0.3 is 0 Å². The second-order valence-corrected chi connectivity index (χ2v) is 4.80. The van der Waals surface area contributed by atoms with Gasteiger partial charge in [0.15, 0.2) is 0 Å². The molecule has 5 nitrogen and oxygen atoms in total. The third-order valence-electron chi connectivity index (χ3n) is 3.16. The Hall–Kier alpha value is -2.04. The highest BCUT2D eigenvalue weighted by Gasteiger charge is 2.16. The number of rotatable bonds is 3. The molecule has 2 rings (SSSR count). The molecule has 0 saturated carbocycles. The van der Waals surface area contributed by atoms with Gasteiger partial charge in [0.25, 0.3) is 5.91 Å². The Morgan fingerprint density at radius 3 is 2.74 bits per heavy atom. The molecule has 0 radical (unpaired) electrons. The molecule has 1 aromatic rings. The van der Waals surface area contributed by atoms with Crippen LogP contribution in [0.25, 0.3) is 0 Å². The SMILES string of the molecule is Cc1cc(C(=O)NNC(=O)C[C@H]2C=CCC2)c(C)o1. The molecule has 0 aliphatic heterocycles. The number of carbonyl (C=O) groups is 2. The molecular formula is C14H18N2O3. The maximum absolute atomic E-state index is 11.8. The van der Waals surface area contributed by atoms with Crippen LogP contribution < -0.4 is 10.9 Å². The van der Waals surface area contributed by atoms with Gasteiger partial charge in [-0.25, -0.2) is 0 Å². The van der Waals surface area contributed by atoms with Crippen molar-refractivity contribution in [2.24, 2.45) is 5.92 Å². The van der Waals surface area contributed by atoms with Crippen molar-refractivity contribution in [1.29, 1.82) is 0 Å². The largest absolute Gasteiger partial charge is 0.466 e. The average Bonchev–Trinajstić information content (AvgIpc) is 2.96. The van der Waals surface area contributed by atoms with Crippen LogP contribution in [0.3, 0.4) is 0 Å².